The lowest BCUT2D eigenvalue weighted by molar-refractivity contribution is -0.00214. The molecule has 0 saturated heterocycles. The van der Waals surface area contributed by atoms with Crippen molar-refractivity contribution in [3.05, 3.63) is 0 Å². The lowest BCUT2D eigenvalue weighted by Crippen LogP contribution is -2.61. The van der Waals surface area contributed by atoms with Crippen LogP contribution in [0.2, 0.25) is 0 Å². The molecule has 2 rings (SSSR count). The lowest BCUT2D eigenvalue weighted by Gasteiger charge is -2.52. The van der Waals surface area contributed by atoms with E-state index in [0.717, 1.165) is 19.7 Å². The van der Waals surface area contributed by atoms with Crippen molar-refractivity contribution in [1.29, 1.82) is 0 Å². The lowest BCUT2D eigenvalue weighted by atomic mass is 9.61. The smallest absolute Gasteiger partial charge is 0.191 e. The van der Waals surface area contributed by atoms with E-state index >= 15 is 0 Å². The van der Waals surface area contributed by atoms with E-state index in [-0.39, 0.29) is 5.54 Å². The van der Waals surface area contributed by atoms with Crippen LogP contribution >= 0.6 is 0 Å². The van der Waals surface area contributed by atoms with Gasteiger partial charge in [0.15, 0.2) is 5.96 Å². The fourth-order valence-corrected chi connectivity index (χ4v) is 4.11. The molecule has 0 aromatic carbocycles. The summed E-state index contributed by atoms with van der Waals surface area (Å²) in [5.41, 5.74) is 6.59. The molecule has 1 aliphatic carbocycles. The average Bonchev–Trinajstić information content (AvgIpc) is 2.64. The zero-order valence-corrected chi connectivity index (χ0v) is 12.9. The molecule has 2 N–H and O–H groups in total. The zero-order valence-electron chi connectivity index (χ0n) is 12.9. The number of methoxy groups -OCH3 is 1. The maximum Gasteiger partial charge on any atom is 0.191 e. The Morgan fingerprint density at radius 2 is 2.16 bits per heavy atom. The van der Waals surface area contributed by atoms with Crippen LogP contribution in [-0.2, 0) is 4.74 Å². The molecule has 1 saturated carbocycles. The molecule has 1 aliphatic heterocycles. The summed E-state index contributed by atoms with van der Waals surface area (Å²) in [6.07, 6.45) is 5.12. The van der Waals surface area contributed by atoms with Crippen LogP contribution in [0.3, 0.4) is 0 Å². The largest absolute Gasteiger partial charge is 0.383 e. The Labute approximate surface area is 117 Å². The van der Waals surface area contributed by atoms with Crippen molar-refractivity contribution in [3.8, 4) is 0 Å². The number of nitrogens with two attached hydrogens (primary N) is 1. The van der Waals surface area contributed by atoms with Gasteiger partial charge in [-0.3, -0.25) is 4.99 Å². The van der Waals surface area contributed by atoms with Gasteiger partial charge in [0.25, 0.3) is 0 Å². The van der Waals surface area contributed by atoms with Gasteiger partial charge in [-0.15, -0.1) is 0 Å². The Bertz CT molecular complexity index is 348. The normalized spacial score (nSPS) is 31.9. The standard InChI is InChI=1S/C15H29N3O/c1-14(2,3)12-7-5-6-8-15(12)11-17-13(16)18(15)9-10-19-4/h12H,5-11H2,1-4H3,(H2,16,17). The third-order valence-electron chi connectivity index (χ3n) is 4.89. The fourth-order valence-electron chi connectivity index (χ4n) is 4.11. The summed E-state index contributed by atoms with van der Waals surface area (Å²) in [5.74, 6) is 1.36. The highest BCUT2D eigenvalue weighted by atomic mass is 16.5. The van der Waals surface area contributed by atoms with Crippen molar-refractivity contribution in [3.63, 3.8) is 0 Å². The topological polar surface area (TPSA) is 50.9 Å². The van der Waals surface area contributed by atoms with E-state index in [9.17, 15) is 0 Å². The molecule has 0 aromatic rings. The summed E-state index contributed by atoms with van der Waals surface area (Å²) in [6.45, 7) is 9.51. The predicted molar refractivity (Wildman–Crippen MR) is 79.2 cm³/mol. The molecular formula is C15H29N3O. The van der Waals surface area contributed by atoms with Crippen LogP contribution < -0.4 is 5.73 Å². The maximum atomic E-state index is 6.15. The van der Waals surface area contributed by atoms with E-state index < -0.39 is 0 Å². The summed E-state index contributed by atoms with van der Waals surface area (Å²) in [5, 5.41) is 0. The molecule has 4 heteroatoms. The third-order valence-corrected chi connectivity index (χ3v) is 4.89. The van der Waals surface area contributed by atoms with Gasteiger partial charge in [0, 0.05) is 13.7 Å². The molecule has 2 unspecified atom stereocenters. The molecule has 0 amide bonds. The number of hydrogen-bond donors (Lipinski definition) is 1. The number of hydrogen-bond acceptors (Lipinski definition) is 4. The van der Waals surface area contributed by atoms with Crippen LogP contribution in [0.5, 0.6) is 0 Å². The summed E-state index contributed by atoms with van der Waals surface area (Å²) in [4.78, 5) is 6.91. The molecule has 4 nitrogen and oxygen atoms in total. The summed E-state index contributed by atoms with van der Waals surface area (Å²) in [7, 11) is 1.75. The van der Waals surface area contributed by atoms with E-state index in [4.69, 9.17) is 10.5 Å². The van der Waals surface area contributed by atoms with Crippen molar-refractivity contribution in [2.75, 3.05) is 26.8 Å². The zero-order chi connectivity index (χ0) is 14.1. The van der Waals surface area contributed by atoms with Gasteiger partial charge in [-0.05, 0) is 24.2 Å². The first-order valence-corrected chi connectivity index (χ1v) is 7.48. The maximum absolute atomic E-state index is 6.15. The molecule has 0 bridgehead atoms. The van der Waals surface area contributed by atoms with Crippen molar-refractivity contribution >= 4 is 5.96 Å². The summed E-state index contributed by atoms with van der Waals surface area (Å²) >= 11 is 0. The van der Waals surface area contributed by atoms with E-state index in [1.165, 1.54) is 25.7 Å². The minimum Gasteiger partial charge on any atom is -0.383 e. The van der Waals surface area contributed by atoms with Crippen LogP contribution in [0.1, 0.15) is 46.5 Å². The number of guanidine groups is 1. The van der Waals surface area contributed by atoms with Crippen molar-refractivity contribution in [2.45, 2.75) is 52.0 Å². The molecule has 1 fully saturated rings. The van der Waals surface area contributed by atoms with E-state index in [1.807, 2.05) is 0 Å². The van der Waals surface area contributed by atoms with E-state index in [1.54, 1.807) is 7.11 Å². The Kier molecular flexibility index (Phi) is 4.09. The van der Waals surface area contributed by atoms with Gasteiger partial charge in [-0.25, -0.2) is 0 Å². The molecule has 1 heterocycles. The van der Waals surface area contributed by atoms with Crippen LogP contribution in [0, 0.1) is 11.3 Å². The summed E-state index contributed by atoms with van der Waals surface area (Å²) < 4.78 is 5.25. The van der Waals surface area contributed by atoms with Crippen LogP contribution in [-0.4, -0.2) is 43.2 Å². The first-order chi connectivity index (χ1) is 8.92. The molecular weight excluding hydrogens is 238 g/mol. The van der Waals surface area contributed by atoms with Crippen LogP contribution in [0.25, 0.3) is 0 Å². The van der Waals surface area contributed by atoms with Crippen LogP contribution in [0.4, 0.5) is 0 Å². The third kappa shape index (κ3) is 2.60. The van der Waals surface area contributed by atoms with Gasteiger partial charge < -0.3 is 15.4 Å². The van der Waals surface area contributed by atoms with Crippen molar-refractivity contribution in [2.24, 2.45) is 22.1 Å². The van der Waals surface area contributed by atoms with Gasteiger partial charge in [-0.2, -0.15) is 0 Å². The average molecular weight is 267 g/mol. The Morgan fingerprint density at radius 1 is 1.42 bits per heavy atom. The highest BCUT2D eigenvalue weighted by molar-refractivity contribution is 5.81. The molecule has 0 aromatic heterocycles. The predicted octanol–water partition coefficient (Wildman–Crippen LogP) is 2.24. The first-order valence-electron chi connectivity index (χ1n) is 7.48. The number of aliphatic imine (C=N–C) groups is 1. The molecule has 110 valence electrons. The van der Waals surface area contributed by atoms with E-state index in [0.29, 0.717) is 17.3 Å². The Morgan fingerprint density at radius 3 is 2.79 bits per heavy atom. The minimum absolute atomic E-state index is 0.138. The number of ether oxygens (including phenoxy) is 1. The molecule has 2 aliphatic rings. The Hall–Kier alpha value is -0.770. The molecule has 0 radical (unpaired) electrons. The minimum atomic E-state index is 0.138. The second-order valence-electron chi connectivity index (χ2n) is 7.09. The van der Waals surface area contributed by atoms with Gasteiger partial charge in [0.05, 0.1) is 18.7 Å². The molecule has 2 atom stereocenters. The summed E-state index contributed by atoms with van der Waals surface area (Å²) in [6, 6.07) is 0. The molecule has 1 spiro atoms. The van der Waals surface area contributed by atoms with Crippen molar-refractivity contribution < 1.29 is 4.74 Å². The quantitative estimate of drug-likeness (QED) is 0.853. The van der Waals surface area contributed by atoms with Gasteiger partial charge in [0.1, 0.15) is 0 Å². The highest BCUT2D eigenvalue weighted by Gasteiger charge is 2.52. The number of rotatable bonds is 3. The Balaban J connectivity index is 2.26. The van der Waals surface area contributed by atoms with Gasteiger partial charge in [0.2, 0.25) is 0 Å². The monoisotopic (exact) mass is 267 g/mol. The number of nitrogens with zero attached hydrogens (tertiary/aromatic N) is 2. The second kappa shape index (κ2) is 5.31. The SMILES string of the molecule is COCCN1C(N)=NCC12CCCCC2C(C)(C)C. The van der Waals surface area contributed by atoms with Gasteiger partial charge in [-0.1, -0.05) is 33.6 Å². The van der Waals surface area contributed by atoms with Crippen LogP contribution in [0.15, 0.2) is 4.99 Å². The van der Waals surface area contributed by atoms with E-state index in [2.05, 4.69) is 30.7 Å². The molecule has 19 heavy (non-hydrogen) atoms. The first kappa shape index (κ1) is 14.6. The fraction of sp³-hybridized carbons (Fsp3) is 0.933. The second-order valence-corrected chi connectivity index (χ2v) is 7.09. The van der Waals surface area contributed by atoms with Gasteiger partial charge >= 0.3 is 0 Å². The van der Waals surface area contributed by atoms with Crippen molar-refractivity contribution in [1.82, 2.24) is 4.90 Å². The highest BCUT2D eigenvalue weighted by Crippen LogP contribution is 2.49.